The van der Waals surface area contributed by atoms with Gasteiger partial charge in [0.05, 0.1) is 66.3 Å². The van der Waals surface area contributed by atoms with Gasteiger partial charge in [-0.1, -0.05) is 57.6 Å². The number of carbonyl (C=O) groups excluding carboxylic acids is 4. The van der Waals surface area contributed by atoms with Gasteiger partial charge in [0, 0.05) is 51.5 Å². The zero-order valence-corrected chi connectivity index (χ0v) is 47.4. The van der Waals surface area contributed by atoms with E-state index in [1.165, 1.54) is 32.1 Å². The molecule has 21 atom stereocenters. The van der Waals surface area contributed by atoms with Gasteiger partial charge >= 0.3 is 5.97 Å². The molecule has 77 heavy (non-hydrogen) atoms. The standard InChI is InChI=1S/C57H88N2O18/c1-14-24-70-49-45(58(10)11)48(76-44-28-57(9,67)52(64)35(8)72-44)34(7)74-56(49)77-47-32(5)41(61)27-43(62)75-42(15-2)37(29-71-55-51(69-13)50(68-12)46(63)33(6)73-55)25-30(3)20-21-40(60)31(4)26-36(47)22-23-59-53(65)38-18-16-17-19-39(38)54(59)66/h16-21,25,31-37,41-42,44-52,55-56,61,63-64,67H,14-15,22-24,26-29H2,1-13H3/b21-20+,30-25+/t31-,32+,33-,34-,35+,36+,37-,41-,42-,44+,45+,46-,47-,48-,49-,50-,51-,52+,55-,56+,57-/m1/s1. The van der Waals surface area contributed by atoms with Crippen molar-refractivity contribution in [3.05, 3.63) is 59.2 Å². The monoisotopic (exact) mass is 1090 g/mol. The molecule has 2 amide bonds. The maximum Gasteiger partial charge on any atom is 0.308 e. The summed E-state index contributed by atoms with van der Waals surface area (Å²) in [5.74, 6) is -4.54. The van der Waals surface area contributed by atoms with Crippen LogP contribution in [0.4, 0.5) is 0 Å². The molecule has 0 bridgehead atoms. The fraction of sp³-hybridized carbons (Fsp3) is 0.754. The minimum Gasteiger partial charge on any atom is -0.462 e. The number of aliphatic hydroxyl groups is 4. The smallest absolute Gasteiger partial charge is 0.308 e. The van der Waals surface area contributed by atoms with Crippen molar-refractivity contribution >= 4 is 23.6 Å². The topological polar surface area (TPSA) is 248 Å². The SMILES string of the molecule is CCCO[C@H]1[C@H](O[C@H]2[C@@H](CCN3C(=O)c4ccccc4C3=O)C[C@@H](C)C(=O)/C=C/C(C)=C/[C@H](CO[C@@H]3O[C@H](C)[C@@H](O)[C@@H](OC)[C@H]3OC)[C@@H](CC)OC(=O)C[C@@H](O)[C@@H]2C)O[C@H](C)[C@@H](O[C@H]2C[C@@](C)(O)[C@@H](O)[C@H](C)O2)[C@@H]1N(C)C. The highest BCUT2D eigenvalue weighted by Gasteiger charge is 2.53. The van der Waals surface area contributed by atoms with Gasteiger partial charge in [0.25, 0.3) is 11.8 Å². The molecule has 434 valence electrons. The molecular formula is C57H88N2O18. The maximum absolute atomic E-state index is 14.3. The number of amides is 2. The highest BCUT2D eigenvalue weighted by Crippen LogP contribution is 2.39. The lowest BCUT2D eigenvalue weighted by atomic mass is 9.79. The van der Waals surface area contributed by atoms with Gasteiger partial charge in [0.2, 0.25) is 0 Å². The fourth-order valence-corrected chi connectivity index (χ4v) is 11.6. The summed E-state index contributed by atoms with van der Waals surface area (Å²) in [6.45, 7) is 16.2. The summed E-state index contributed by atoms with van der Waals surface area (Å²) >= 11 is 0. The molecular weight excluding hydrogens is 1000 g/mol. The van der Waals surface area contributed by atoms with Crippen LogP contribution in [0, 0.1) is 23.7 Å². The summed E-state index contributed by atoms with van der Waals surface area (Å²) < 4.78 is 63.3. The molecule has 0 radical (unpaired) electrons. The first-order valence-electron chi connectivity index (χ1n) is 27.5. The van der Waals surface area contributed by atoms with Crippen molar-refractivity contribution in [2.75, 3.05) is 48.1 Å². The van der Waals surface area contributed by atoms with Crippen LogP contribution in [0.3, 0.4) is 0 Å². The Morgan fingerprint density at radius 1 is 0.792 bits per heavy atom. The second-order valence-corrected chi connectivity index (χ2v) is 22.3. The molecule has 5 heterocycles. The Bertz CT molecular complexity index is 2150. The van der Waals surface area contributed by atoms with Gasteiger partial charge in [0.1, 0.15) is 42.7 Å². The highest BCUT2D eigenvalue weighted by molar-refractivity contribution is 6.21. The molecule has 0 aliphatic carbocycles. The van der Waals surface area contributed by atoms with Gasteiger partial charge in [-0.2, -0.15) is 0 Å². The average molecular weight is 1090 g/mol. The normalized spacial score (nSPS) is 41.0. The van der Waals surface area contributed by atoms with Crippen LogP contribution >= 0.6 is 0 Å². The summed E-state index contributed by atoms with van der Waals surface area (Å²) in [4.78, 5) is 59.3. The number of rotatable bonds is 17. The van der Waals surface area contributed by atoms with Crippen LogP contribution in [0.1, 0.15) is 122 Å². The molecule has 4 N–H and O–H groups in total. The molecule has 6 rings (SSSR count). The lowest BCUT2D eigenvalue weighted by Crippen LogP contribution is -2.66. The summed E-state index contributed by atoms with van der Waals surface area (Å²) in [5.41, 5.74) is -0.241. The van der Waals surface area contributed by atoms with Crippen molar-refractivity contribution in [3.63, 3.8) is 0 Å². The van der Waals surface area contributed by atoms with Crippen LogP contribution < -0.4 is 0 Å². The second-order valence-electron chi connectivity index (χ2n) is 22.3. The quantitative estimate of drug-likeness (QED) is 0.125. The highest BCUT2D eigenvalue weighted by atomic mass is 16.7. The van der Waals surface area contributed by atoms with Crippen LogP contribution in [0.25, 0.3) is 0 Å². The van der Waals surface area contributed by atoms with E-state index >= 15 is 0 Å². The number of fused-ring (bicyclic) bond motifs is 1. The Morgan fingerprint density at radius 3 is 2.04 bits per heavy atom. The van der Waals surface area contributed by atoms with E-state index < -0.39 is 152 Å². The molecule has 3 fully saturated rings. The number of imide groups is 1. The van der Waals surface area contributed by atoms with Gasteiger partial charge < -0.3 is 72.7 Å². The van der Waals surface area contributed by atoms with Crippen molar-refractivity contribution in [3.8, 4) is 0 Å². The Hall–Kier alpha value is -3.58. The molecule has 0 spiro atoms. The van der Waals surface area contributed by atoms with Crippen LogP contribution in [-0.2, 0) is 57.0 Å². The summed E-state index contributed by atoms with van der Waals surface area (Å²) in [6, 6.07) is 6.06. The van der Waals surface area contributed by atoms with E-state index in [4.69, 9.17) is 47.4 Å². The van der Waals surface area contributed by atoms with Crippen LogP contribution in [0.15, 0.2) is 48.1 Å². The maximum atomic E-state index is 14.3. The number of hydrogen-bond donors (Lipinski definition) is 4. The molecule has 3 saturated heterocycles. The third-order valence-corrected chi connectivity index (χ3v) is 16.1. The second kappa shape index (κ2) is 27.7. The number of ether oxygens (including phenoxy) is 10. The van der Waals surface area contributed by atoms with E-state index in [2.05, 4.69) is 0 Å². The Labute approximate surface area is 454 Å². The van der Waals surface area contributed by atoms with Crippen molar-refractivity contribution in [2.45, 2.75) is 205 Å². The molecule has 1 aromatic carbocycles. The number of ketones is 1. The zero-order chi connectivity index (χ0) is 56.6. The molecule has 20 heteroatoms. The van der Waals surface area contributed by atoms with Gasteiger partial charge in [0.15, 0.2) is 24.7 Å². The van der Waals surface area contributed by atoms with Gasteiger partial charge in [-0.3, -0.25) is 24.1 Å². The Kier molecular flexibility index (Phi) is 22.5. The number of likely N-dealkylation sites (N-methyl/N-ethyl adjacent to an activating group) is 1. The lowest BCUT2D eigenvalue weighted by Gasteiger charge is -2.51. The first kappa shape index (κ1) is 62.6. The summed E-state index contributed by atoms with van der Waals surface area (Å²) in [6.07, 6.45) is -7.61. The van der Waals surface area contributed by atoms with Gasteiger partial charge in [-0.25, -0.2) is 0 Å². The molecule has 0 aromatic heterocycles. The molecule has 0 unspecified atom stereocenters. The predicted octanol–water partition coefficient (Wildman–Crippen LogP) is 4.37. The van der Waals surface area contributed by atoms with Crippen LogP contribution in [-0.4, -0.2) is 206 Å². The number of methoxy groups -OCH3 is 2. The van der Waals surface area contributed by atoms with E-state index in [-0.39, 0.29) is 49.3 Å². The third-order valence-electron chi connectivity index (χ3n) is 16.1. The fourth-order valence-electron chi connectivity index (χ4n) is 11.6. The number of aliphatic hydroxyl groups excluding tert-OH is 3. The molecule has 20 nitrogen and oxygen atoms in total. The number of cyclic esters (lactones) is 1. The van der Waals surface area contributed by atoms with Crippen molar-refractivity contribution in [2.24, 2.45) is 23.7 Å². The number of carbonyl (C=O) groups is 4. The number of nitrogens with zero attached hydrogens (tertiary/aromatic N) is 2. The number of benzene rings is 1. The Morgan fingerprint density at radius 2 is 1.44 bits per heavy atom. The zero-order valence-electron chi connectivity index (χ0n) is 47.4. The van der Waals surface area contributed by atoms with Gasteiger partial charge in [-0.15, -0.1) is 0 Å². The first-order chi connectivity index (χ1) is 36.5. The third kappa shape index (κ3) is 14.9. The van der Waals surface area contributed by atoms with E-state index in [9.17, 15) is 39.6 Å². The minimum atomic E-state index is -1.50. The predicted molar refractivity (Wildman–Crippen MR) is 280 cm³/mol. The van der Waals surface area contributed by atoms with Gasteiger partial charge in [-0.05, 0) is 98.5 Å². The average Bonchev–Trinajstić information content (AvgIpc) is 3.63. The number of hydrogen-bond acceptors (Lipinski definition) is 19. The molecule has 1 aromatic rings. The number of allylic oxidation sites excluding steroid dienone is 3. The van der Waals surface area contributed by atoms with Crippen molar-refractivity contribution < 1.29 is 87.0 Å². The molecule has 5 aliphatic rings. The molecule has 5 aliphatic heterocycles. The van der Waals surface area contributed by atoms with E-state index in [0.29, 0.717) is 25.0 Å². The Balaban J connectivity index is 1.36. The van der Waals surface area contributed by atoms with E-state index in [0.717, 1.165) is 0 Å². The largest absolute Gasteiger partial charge is 0.462 e. The summed E-state index contributed by atoms with van der Waals surface area (Å²) in [7, 11) is 6.68. The minimum absolute atomic E-state index is 0.0169. The van der Waals surface area contributed by atoms with Crippen molar-refractivity contribution in [1.82, 2.24) is 9.80 Å². The molecule has 0 saturated carbocycles. The first-order valence-corrected chi connectivity index (χ1v) is 27.5. The summed E-state index contributed by atoms with van der Waals surface area (Å²) in [5, 5.41) is 45.0. The van der Waals surface area contributed by atoms with Crippen molar-refractivity contribution in [1.29, 1.82) is 0 Å². The van der Waals surface area contributed by atoms with E-state index in [1.54, 1.807) is 58.0 Å². The van der Waals surface area contributed by atoms with Crippen LogP contribution in [0.2, 0.25) is 0 Å². The van der Waals surface area contributed by atoms with E-state index in [1.807, 2.05) is 52.8 Å². The number of esters is 1. The lowest BCUT2D eigenvalue weighted by molar-refractivity contribution is -0.346. The van der Waals surface area contributed by atoms with Crippen LogP contribution in [0.5, 0.6) is 0 Å².